The SMILES string of the molecule is COc1ccc(/C=C(\C#N)C(=O)Nc2ccccc2C(F)(F)F)cc1C. The molecule has 0 saturated heterocycles. The van der Waals surface area contributed by atoms with Gasteiger partial charge in [0.05, 0.1) is 18.4 Å². The third-order valence-corrected chi connectivity index (χ3v) is 3.58. The fourth-order valence-electron chi connectivity index (χ4n) is 2.34. The predicted molar refractivity (Wildman–Crippen MR) is 91.4 cm³/mol. The molecule has 134 valence electrons. The molecule has 0 unspecified atom stereocenters. The van der Waals surface area contributed by atoms with E-state index < -0.39 is 23.3 Å². The quantitative estimate of drug-likeness (QED) is 0.642. The molecule has 1 amide bonds. The lowest BCUT2D eigenvalue weighted by Crippen LogP contribution is -2.17. The Bertz CT molecular complexity index is 896. The zero-order valence-corrected chi connectivity index (χ0v) is 14.0. The molecule has 2 rings (SSSR count). The molecule has 0 saturated carbocycles. The number of hydrogen-bond donors (Lipinski definition) is 1. The third-order valence-electron chi connectivity index (χ3n) is 3.58. The molecule has 0 aliphatic heterocycles. The Balaban J connectivity index is 2.31. The smallest absolute Gasteiger partial charge is 0.418 e. The number of anilines is 1. The van der Waals surface area contributed by atoms with E-state index in [4.69, 9.17) is 4.74 Å². The Morgan fingerprint density at radius 3 is 2.50 bits per heavy atom. The van der Waals surface area contributed by atoms with E-state index in [0.717, 1.165) is 17.7 Å². The molecule has 4 nitrogen and oxygen atoms in total. The molecule has 0 heterocycles. The van der Waals surface area contributed by atoms with E-state index in [-0.39, 0.29) is 5.57 Å². The maximum Gasteiger partial charge on any atom is 0.418 e. The number of hydrogen-bond acceptors (Lipinski definition) is 3. The average molecular weight is 360 g/mol. The molecule has 2 aromatic carbocycles. The number of benzene rings is 2. The lowest BCUT2D eigenvalue weighted by atomic mass is 10.1. The molecule has 0 radical (unpaired) electrons. The molecule has 0 aliphatic rings. The molecule has 1 N–H and O–H groups in total. The summed E-state index contributed by atoms with van der Waals surface area (Å²) >= 11 is 0. The van der Waals surface area contributed by atoms with Crippen molar-refractivity contribution in [2.45, 2.75) is 13.1 Å². The maximum absolute atomic E-state index is 13.0. The number of para-hydroxylation sites is 1. The first-order valence-electron chi connectivity index (χ1n) is 7.50. The van der Waals surface area contributed by atoms with Gasteiger partial charge in [-0.1, -0.05) is 18.2 Å². The van der Waals surface area contributed by atoms with Crippen molar-refractivity contribution < 1.29 is 22.7 Å². The highest BCUT2D eigenvalue weighted by Gasteiger charge is 2.33. The number of ether oxygens (including phenoxy) is 1. The van der Waals surface area contributed by atoms with Crippen molar-refractivity contribution in [3.63, 3.8) is 0 Å². The van der Waals surface area contributed by atoms with Crippen molar-refractivity contribution in [3.8, 4) is 11.8 Å². The Labute approximate surface area is 148 Å². The van der Waals surface area contributed by atoms with Gasteiger partial charge >= 0.3 is 6.18 Å². The van der Waals surface area contributed by atoms with Crippen molar-refractivity contribution in [1.82, 2.24) is 0 Å². The molecular weight excluding hydrogens is 345 g/mol. The summed E-state index contributed by atoms with van der Waals surface area (Å²) in [4.78, 5) is 12.2. The van der Waals surface area contributed by atoms with Gasteiger partial charge in [-0.25, -0.2) is 0 Å². The van der Waals surface area contributed by atoms with E-state index in [1.165, 1.54) is 25.3 Å². The summed E-state index contributed by atoms with van der Waals surface area (Å²) in [7, 11) is 1.52. The van der Waals surface area contributed by atoms with Gasteiger partial charge < -0.3 is 10.1 Å². The number of nitriles is 1. The van der Waals surface area contributed by atoms with Crippen LogP contribution in [0.15, 0.2) is 48.0 Å². The van der Waals surface area contributed by atoms with Gasteiger partial charge in [-0.3, -0.25) is 4.79 Å². The Morgan fingerprint density at radius 1 is 1.23 bits per heavy atom. The summed E-state index contributed by atoms with van der Waals surface area (Å²) in [6, 6.07) is 11.3. The first-order valence-corrected chi connectivity index (χ1v) is 7.50. The second-order valence-corrected chi connectivity index (χ2v) is 5.40. The molecule has 0 aliphatic carbocycles. The van der Waals surface area contributed by atoms with Gasteiger partial charge in [-0.15, -0.1) is 0 Å². The van der Waals surface area contributed by atoms with E-state index in [9.17, 15) is 23.2 Å². The van der Waals surface area contributed by atoms with Gasteiger partial charge in [0.2, 0.25) is 0 Å². The van der Waals surface area contributed by atoms with Crippen molar-refractivity contribution in [2.24, 2.45) is 0 Å². The van der Waals surface area contributed by atoms with Crippen LogP contribution < -0.4 is 10.1 Å². The van der Waals surface area contributed by atoms with Crippen LogP contribution in [0.3, 0.4) is 0 Å². The van der Waals surface area contributed by atoms with Gasteiger partial charge in [0.25, 0.3) is 5.91 Å². The van der Waals surface area contributed by atoms with E-state index in [2.05, 4.69) is 5.32 Å². The van der Waals surface area contributed by atoms with Crippen LogP contribution in [0.1, 0.15) is 16.7 Å². The number of aryl methyl sites for hydroxylation is 1. The van der Waals surface area contributed by atoms with Gasteiger partial charge in [-0.05, 0) is 48.4 Å². The fourth-order valence-corrected chi connectivity index (χ4v) is 2.34. The summed E-state index contributed by atoms with van der Waals surface area (Å²) in [6.07, 6.45) is -3.31. The number of halogens is 3. The third kappa shape index (κ3) is 4.42. The number of nitrogens with one attached hydrogen (secondary N) is 1. The first-order chi connectivity index (χ1) is 12.3. The zero-order valence-electron chi connectivity index (χ0n) is 14.0. The highest BCUT2D eigenvalue weighted by molar-refractivity contribution is 6.10. The van der Waals surface area contributed by atoms with Crippen LogP contribution >= 0.6 is 0 Å². The van der Waals surface area contributed by atoms with Gasteiger partial charge in [0.1, 0.15) is 17.4 Å². The molecule has 0 bridgehead atoms. The summed E-state index contributed by atoms with van der Waals surface area (Å²) in [5.41, 5.74) is -0.352. The molecule has 7 heteroatoms. The van der Waals surface area contributed by atoms with Crippen LogP contribution in [0.4, 0.5) is 18.9 Å². The summed E-state index contributed by atoms with van der Waals surface area (Å²) in [6.45, 7) is 1.79. The van der Waals surface area contributed by atoms with E-state index in [0.29, 0.717) is 11.3 Å². The summed E-state index contributed by atoms with van der Waals surface area (Å²) in [5.74, 6) is -0.276. The zero-order chi connectivity index (χ0) is 19.3. The van der Waals surface area contributed by atoms with Crippen LogP contribution in [0, 0.1) is 18.3 Å². The number of carbonyl (C=O) groups is 1. The predicted octanol–water partition coefficient (Wildman–Crippen LogP) is 4.57. The lowest BCUT2D eigenvalue weighted by molar-refractivity contribution is -0.137. The minimum Gasteiger partial charge on any atom is -0.496 e. The highest BCUT2D eigenvalue weighted by Crippen LogP contribution is 2.34. The van der Waals surface area contributed by atoms with E-state index in [1.807, 2.05) is 0 Å². The second kappa shape index (κ2) is 7.74. The Morgan fingerprint density at radius 2 is 1.92 bits per heavy atom. The number of nitrogens with zero attached hydrogens (tertiary/aromatic N) is 1. The normalized spacial score (nSPS) is 11.6. The molecule has 0 spiro atoms. The Hall–Kier alpha value is -3.27. The molecular formula is C19H15F3N2O2. The number of carbonyl (C=O) groups excluding carboxylic acids is 1. The standard InChI is InChI=1S/C19H15F3N2O2/c1-12-9-13(7-8-17(12)26-2)10-14(11-23)18(25)24-16-6-4-3-5-15(16)19(20,21)22/h3-10H,1-2H3,(H,24,25)/b14-10+. The largest absolute Gasteiger partial charge is 0.496 e. The number of rotatable bonds is 4. The van der Waals surface area contributed by atoms with Gasteiger partial charge in [-0.2, -0.15) is 18.4 Å². The van der Waals surface area contributed by atoms with Crippen LogP contribution in [-0.4, -0.2) is 13.0 Å². The molecule has 26 heavy (non-hydrogen) atoms. The second-order valence-electron chi connectivity index (χ2n) is 5.40. The first kappa shape index (κ1) is 19.1. The number of amides is 1. The minimum absolute atomic E-state index is 0.313. The van der Waals surface area contributed by atoms with E-state index in [1.54, 1.807) is 31.2 Å². The van der Waals surface area contributed by atoms with Gasteiger partial charge in [0.15, 0.2) is 0 Å². The highest BCUT2D eigenvalue weighted by atomic mass is 19.4. The molecule has 0 fully saturated rings. The Kier molecular flexibility index (Phi) is 5.68. The van der Waals surface area contributed by atoms with Crippen molar-refractivity contribution in [3.05, 3.63) is 64.7 Å². The number of methoxy groups -OCH3 is 1. The van der Waals surface area contributed by atoms with Crippen molar-refractivity contribution in [2.75, 3.05) is 12.4 Å². The lowest BCUT2D eigenvalue weighted by Gasteiger charge is -2.13. The number of alkyl halides is 3. The van der Waals surface area contributed by atoms with Crippen molar-refractivity contribution >= 4 is 17.7 Å². The fraction of sp³-hybridized carbons (Fsp3) is 0.158. The van der Waals surface area contributed by atoms with Gasteiger partial charge in [0, 0.05) is 0 Å². The maximum atomic E-state index is 13.0. The average Bonchev–Trinajstić information content (AvgIpc) is 2.59. The minimum atomic E-state index is -4.62. The van der Waals surface area contributed by atoms with Crippen LogP contribution in [-0.2, 0) is 11.0 Å². The molecule has 0 atom stereocenters. The molecule has 2 aromatic rings. The van der Waals surface area contributed by atoms with E-state index >= 15 is 0 Å². The van der Waals surface area contributed by atoms with Crippen LogP contribution in [0.2, 0.25) is 0 Å². The monoisotopic (exact) mass is 360 g/mol. The van der Waals surface area contributed by atoms with Crippen LogP contribution in [0.5, 0.6) is 5.75 Å². The summed E-state index contributed by atoms with van der Waals surface area (Å²) in [5, 5.41) is 11.4. The summed E-state index contributed by atoms with van der Waals surface area (Å²) < 4.78 is 44.1. The van der Waals surface area contributed by atoms with Crippen LogP contribution in [0.25, 0.3) is 6.08 Å². The van der Waals surface area contributed by atoms with Crippen molar-refractivity contribution in [1.29, 1.82) is 5.26 Å². The molecule has 0 aromatic heterocycles. The topological polar surface area (TPSA) is 62.1 Å².